The maximum Gasteiger partial charge on any atom is 0.115 e. The summed E-state index contributed by atoms with van der Waals surface area (Å²) < 4.78 is 0. The molecule has 0 aliphatic carbocycles. The van der Waals surface area contributed by atoms with E-state index in [1.165, 1.54) is 11.1 Å². The molecular weight excluding hydrogens is 284 g/mol. The van der Waals surface area contributed by atoms with Crippen molar-refractivity contribution in [3.63, 3.8) is 0 Å². The molecule has 2 aromatic carbocycles. The Morgan fingerprint density at radius 2 is 1.17 bits per heavy atom. The van der Waals surface area contributed by atoms with Gasteiger partial charge in [0.2, 0.25) is 0 Å². The molecule has 0 bridgehead atoms. The number of rotatable bonds is 1. The number of hydrogen-bond acceptors (Lipinski definition) is 2. The molecule has 0 atom stereocenters. The first-order valence-electron chi connectivity index (χ1n) is 8.04. The van der Waals surface area contributed by atoms with Crippen LogP contribution in [0.4, 0.5) is 0 Å². The number of aromatic hydroxyl groups is 1. The number of aliphatic hydroxyl groups is 1. The van der Waals surface area contributed by atoms with E-state index in [2.05, 4.69) is 59.7 Å². The Morgan fingerprint density at radius 1 is 0.739 bits per heavy atom. The summed E-state index contributed by atoms with van der Waals surface area (Å²) in [6.07, 6.45) is 0. The highest BCUT2D eigenvalue weighted by Crippen LogP contribution is 2.30. The van der Waals surface area contributed by atoms with Crippen molar-refractivity contribution in [3.8, 4) is 5.75 Å². The normalized spacial score (nSPS) is 11.6. The molecule has 2 N–H and O–H groups in total. The number of aliphatic hydroxyl groups excluding tert-OH is 1. The minimum atomic E-state index is 0.118. The highest BCUT2D eigenvalue weighted by molar-refractivity contribution is 5.37. The fourth-order valence-electron chi connectivity index (χ4n) is 2.08. The number of phenolic OH excluding ortho intramolecular Hbond substituents is 1. The first-order valence-corrected chi connectivity index (χ1v) is 8.04. The monoisotopic (exact) mass is 314 g/mol. The fraction of sp³-hybridized carbons (Fsp3) is 0.429. The summed E-state index contributed by atoms with van der Waals surface area (Å²) in [5.74, 6) is 0.322. The minimum Gasteiger partial charge on any atom is -0.508 e. The summed E-state index contributed by atoms with van der Waals surface area (Å²) in [6, 6.07) is 15.2. The number of para-hydroxylation sites is 1. The van der Waals surface area contributed by atoms with Gasteiger partial charge in [0.15, 0.2) is 0 Å². The van der Waals surface area contributed by atoms with Gasteiger partial charge in [-0.15, -0.1) is 0 Å². The summed E-state index contributed by atoms with van der Waals surface area (Å²) in [7, 11) is 0. The lowest BCUT2D eigenvalue weighted by atomic mass is 9.79. The van der Waals surface area contributed by atoms with Crippen molar-refractivity contribution in [2.75, 3.05) is 0 Å². The Labute approximate surface area is 140 Å². The second-order valence-corrected chi connectivity index (χ2v) is 7.91. The summed E-state index contributed by atoms with van der Waals surface area (Å²) in [6.45, 7) is 13.3. The summed E-state index contributed by atoms with van der Waals surface area (Å²) in [5.41, 5.74) is 3.86. The standard InChI is InChI=1S/C15H24O.C6H6O/c1-14(2,3)12-7-11(10-16)8-13(9-12)15(4,5)6;7-6-4-2-1-3-5-6/h7-9,16H,10H2,1-6H3;1-5,7H. The van der Waals surface area contributed by atoms with Crippen molar-refractivity contribution in [1.29, 1.82) is 0 Å². The molecule has 0 fully saturated rings. The van der Waals surface area contributed by atoms with E-state index < -0.39 is 0 Å². The van der Waals surface area contributed by atoms with Gasteiger partial charge in [0.05, 0.1) is 6.61 Å². The maximum atomic E-state index is 9.32. The molecule has 126 valence electrons. The Bertz CT molecular complexity index is 570. The van der Waals surface area contributed by atoms with Crippen LogP contribution in [0.3, 0.4) is 0 Å². The molecule has 0 spiro atoms. The zero-order valence-corrected chi connectivity index (χ0v) is 15.2. The van der Waals surface area contributed by atoms with Crippen molar-refractivity contribution in [3.05, 3.63) is 65.2 Å². The maximum absolute atomic E-state index is 9.32. The van der Waals surface area contributed by atoms with Crippen LogP contribution in [0.2, 0.25) is 0 Å². The first kappa shape index (κ1) is 19.2. The molecule has 0 radical (unpaired) electrons. The minimum absolute atomic E-state index is 0.118. The van der Waals surface area contributed by atoms with Gasteiger partial charge in [0.25, 0.3) is 0 Å². The SMILES string of the molecule is CC(C)(C)c1cc(CO)cc(C(C)(C)C)c1.Oc1ccccc1. The van der Waals surface area contributed by atoms with Crippen LogP contribution in [-0.2, 0) is 17.4 Å². The number of hydrogen-bond donors (Lipinski definition) is 2. The average Bonchev–Trinajstić information content (AvgIpc) is 2.46. The molecular formula is C21H30O2. The van der Waals surface area contributed by atoms with Gasteiger partial charge in [-0.2, -0.15) is 0 Å². The van der Waals surface area contributed by atoms with E-state index in [1.807, 2.05) is 6.07 Å². The van der Waals surface area contributed by atoms with Crippen LogP contribution in [-0.4, -0.2) is 10.2 Å². The van der Waals surface area contributed by atoms with Crippen LogP contribution in [0, 0.1) is 0 Å². The number of phenols is 1. The third-order valence-corrected chi connectivity index (χ3v) is 3.66. The third kappa shape index (κ3) is 6.45. The molecule has 0 aliphatic heterocycles. The topological polar surface area (TPSA) is 40.5 Å². The van der Waals surface area contributed by atoms with Crippen LogP contribution in [0.5, 0.6) is 5.75 Å². The van der Waals surface area contributed by atoms with E-state index >= 15 is 0 Å². The van der Waals surface area contributed by atoms with Crippen LogP contribution in [0.15, 0.2) is 48.5 Å². The summed E-state index contributed by atoms with van der Waals surface area (Å²) in [5, 5.41) is 18.0. The van der Waals surface area contributed by atoms with Gasteiger partial charge in [-0.25, -0.2) is 0 Å². The van der Waals surface area contributed by atoms with Crippen molar-refractivity contribution in [2.24, 2.45) is 0 Å². The summed E-state index contributed by atoms with van der Waals surface area (Å²) in [4.78, 5) is 0. The molecule has 0 unspecified atom stereocenters. The van der Waals surface area contributed by atoms with E-state index in [0.717, 1.165) is 5.56 Å². The van der Waals surface area contributed by atoms with Crippen LogP contribution >= 0.6 is 0 Å². The van der Waals surface area contributed by atoms with E-state index in [0.29, 0.717) is 5.75 Å². The van der Waals surface area contributed by atoms with E-state index in [9.17, 15) is 5.11 Å². The predicted molar refractivity (Wildman–Crippen MR) is 97.9 cm³/mol. The molecule has 0 aliphatic rings. The average molecular weight is 314 g/mol. The number of benzene rings is 2. The Kier molecular flexibility index (Phi) is 6.40. The van der Waals surface area contributed by atoms with Gasteiger partial charge in [0, 0.05) is 0 Å². The van der Waals surface area contributed by atoms with E-state index in [-0.39, 0.29) is 17.4 Å². The quantitative estimate of drug-likeness (QED) is 0.762. The molecule has 2 heteroatoms. The third-order valence-electron chi connectivity index (χ3n) is 3.66. The predicted octanol–water partition coefficient (Wildman–Crippen LogP) is 5.17. The van der Waals surface area contributed by atoms with Crippen LogP contribution in [0.25, 0.3) is 0 Å². The van der Waals surface area contributed by atoms with Gasteiger partial charge in [-0.05, 0) is 39.7 Å². The highest BCUT2D eigenvalue weighted by Gasteiger charge is 2.20. The molecule has 2 aromatic rings. The fourth-order valence-corrected chi connectivity index (χ4v) is 2.08. The smallest absolute Gasteiger partial charge is 0.115 e. The Morgan fingerprint density at radius 3 is 1.43 bits per heavy atom. The molecule has 0 amide bonds. The molecule has 0 saturated heterocycles. The van der Waals surface area contributed by atoms with E-state index in [1.54, 1.807) is 24.3 Å². The molecule has 0 aromatic heterocycles. The van der Waals surface area contributed by atoms with Crippen molar-refractivity contribution in [2.45, 2.75) is 59.0 Å². The lowest BCUT2D eigenvalue weighted by Crippen LogP contribution is -2.17. The van der Waals surface area contributed by atoms with Crippen molar-refractivity contribution < 1.29 is 10.2 Å². The largest absolute Gasteiger partial charge is 0.508 e. The lowest BCUT2D eigenvalue weighted by molar-refractivity contribution is 0.281. The molecule has 2 rings (SSSR count). The highest BCUT2D eigenvalue weighted by atomic mass is 16.3. The second-order valence-electron chi connectivity index (χ2n) is 7.91. The van der Waals surface area contributed by atoms with Crippen molar-refractivity contribution in [1.82, 2.24) is 0 Å². The molecule has 23 heavy (non-hydrogen) atoms. The van der Waals surface area contributed by atoms with Gasteiger partial charge < -0.3 is 10.2 Å². The molecule has 0 saturated carbocycles. The summed E-state index contributed by atoms with van der Waals surface area (Å²) >= 11 is 0. The van der Waals surface area contributed by atoms with Gasteiger partial charge in [0.1, 0.15) is 5.75 Å². The molecule has 0 heterocycles. The van der Waals surface area contributed by atoms with Crippen LogP contribution in [0.1, 0.15) is 58.2 Å². The van der Waals surface area contributed by atoms with E-state index in [4.69, 9.17) is 5.11 Å². The van der Waals surface area contributed by atoms with Gasteiger partial charge in [-0.1, -0.05) is 77.9 Å². The molecule has 2 nitrogen and oxygen atoms in total. The van der Waals surface area contributed by atoms with Gasteiger partial charge in [-0.3, -0.25) is 0 Å². The zero-order chi connectivity index (χ0) is 17.7. The van der Waals surface area contributed by atoms with Gasteiger partial charge >= 0.3 is 0 Å². The first-order chi connectivity index (χ1) is 10.5. The lowest BCUT2D eigenvalue weighted by Gasteiger charge is -2.26. The Balaban J connectivity index is 0.000000313. The van der Waals surface area contributed by atoms with Crippen molar-refractivity contribution >= 4 is 0 Å². The second kappa shape index (κ2) is 7.65. The zero-order valence-electron chi connectivity index (χ0n) is 15.2. The Hall–Kier alpha value is -1.80. The van der Waals surface area contributed by atoms with Crippen LogP contribution < -0.4 is 0 Å².